The van der Waals surface area contributed by atoms with E-state index in [4.69, 9.17) is 14.2 Å². The van der Waals surface area contributed by atoms with Crippen LogP contribution in [0, 0.1) is 16.2 Å². The molecule has 0 bridgehead atoms. The molecule has 0 aromatic heterocycles. The maximum absolute atomic E-state index is 13.1. The second kappa shape index (κ2) is 11.6. The van der Waals surface area contributed by atoms with Crippen LogP contribution in [0.15, 0.2) is 12.3 Å². The van der Waals surface area contributed by atoms with Gasteiger partial charge in [-0.15, -0.1) is 0 Å². The Bertz CT molecular complexity index is 553. The molecule has 1 atom stereocenters. The lowest BCUT2D eigenvalue weighted by Gasteiger charge is -2.39. The van der Waals surface area contributed by atoms with Crippen molar-refractivity contribution in [1.82, 2.24) is 4.90 Å². The molecule has 0 aliphatic rings. The molecule has 0 saturated heterocycles. The van der Waals surface area contributed by atoms with Crippen molar-refractivity contribution in [2.24, 2.45) is 16.2 Å². The molecule has 0 aromatic carbocycles. The van der Waals surface area contributed by atoms with Gasteiger partial charge in [-0.2, -0.15) is 0 Å². The number of allylic oxidation sites excluding steroid dienone is 1. The summed E-state index contributed by atoms with van der Waals surface area (Å²) < 4.78 is 16.4. The topological polar surface area (TPSA) is 65.1 Å². The molecule has 0 N–H and O–H groups in total. The van der Waals surface area contributed by atoms with Crippen LogP contribution in [0.3, 0.4) is 0 Å². The third kappa shape index (κ3) is 9.20. The van der Waals surface area contributed by atoms with E-state index in [9.17, 15) is 9.59 Å². The molecule has 0 rings (SSSR count). The molecule has 0 amide bonds. The lowest BCUT2D eigenvalue weighted by molar-refractivity contribution is -0.165. The first-order valence-electron chi connectivity index (χ1n) is 10.4. The first kappa shape index (κ1) is 27.4. The minimum absolute atomic E-state index is 0.294. The Labute approximate surface area is 178 Å². The van der Waals surface area contributed by atoms with E-state index >= 15 is 0 Å². The van der Waals surface area contributed by atoms with Gasteiger partial charge in [0, 0.05) is 12.0 Å². The number of rotatable bonds is 14. The van der Waals surface area contributed by atoms with Crippen molar-refractivity contribution >= 4 is 11.9 Å². The average Bonchev–Trinajstić information content (AvgIpc) is 2.59. The van der Waals surface area contributed by atoms with Gasteiger partial charge in [-0.1, -0.05) is 33.8 Å². The van der Waals surface area contributed by atoms with Crippen molar-refractivity contribution < 1.29 is 23.8 Å². The lowest BCUT2D eigenvalue weighted by Crippen LogP contribution is -2.42. The van der Waals surface area contributed by atoms with Gasteiger partial charge in [-0.25, -0.2) is 0 Å². The molecular weight excluding hydrogens is 370 g/mol. The fourth-order valence-corrected chi connectivity index (χ4v) is 3.60. The molecule has 0 aliphatic heterocycles. The molecule has 29 heavy (non-hydrogen) atoms. The van der Waals surface area contributed by atoms with Gasteiger partial charge >= 0.3 is 11.9 Å². The molecule has 6 nitrogen and oxygen atoms in total. The molecule has 0 heterocycles. The van der Waals surface area contributed by atoms with Gasteiger partial charge in [0.15, 0.2) is 0 Å². The Morgan fingerprint density at radius 3 is 1.90 bits per heavy atom. The van der Waals surface area contributed by atoms with Crippen LogP contribution in [0.2, 0.25) is 0 Å². The van der Waals surface area contributed by atoms with Crippen LogP contribution in [-0.2, 0) is 23.8 Å². The van der Waals surface area contributed by atoms with Gasteiger partial charge < -0.3 is 19.1 Å². The number of esters is 2. The van der Waals surface area contributed by atoms with Gasteiger partial charge in [-0.05, 0) is 54.1 Å². The molecular formula is C23H43NO5. The summed E-state index contributed by atoms with van der Waals surface area (Å²) >= 11 is 0. The predicted molar refractivity (Wildman–Crippen MR) is 116 cm³/mol. The monoisotopic (exact) mass is 413 g/mol. The third-order valence-corrected chi connectivity index (χ3v) is 5.21. The van der Waals surface area contributed by atoms with Crippen molar-refractivity contribution in [2.75, 3.05) is 41.0 Å². The van der Waals surface area contributed by atoms with E-state index in [-0.39, 0.29) is 11.9 Å². The van der Waals surface area contributed by atoms with E-state index in [0.29, 0.717) is 38.4 Å². The summed E-state index contributed by atoms with van der Waals surface area (Å²) in [5.41, 5.74) is -2.18. The quantitative estimate of drug-likeness (QED) is 0.238. The van der Waals surface area contributed by atoms with Crippen LogP contribution >= 0.6 is 0 Å². The number of carbonyl (C=O) groups is 2. The maximum Gasteiger partial charge on any atom is 0.311 e. The summed E-state index contributed by atoms with van der Waals surface area (Å²) in [6.07, 6.45) is 2.52. The highest BCUT2D eigenvalue weighted by Gasteiger charge is 2.47. The van der Waals surface area contributed by atoms with E-state index in [1.807, 2.05) is 60.5 Å². The Hall–Kier alpha value is -1.56. The average molecular weight is 414 g/mol. The fraction of sp³-hybridized carbons (Fsp3) is 0.826. The maximum atomic E-state index is 13.1. The summed E-state index contributed by atoms with van der Waals surface area (Å²) in [7, 11) is 5.42. The molecule has 0 spiro atoms. The number of nitrogens with zero attached hydrogens (tertiary/aromatic N) is 1. The highest BCUT2D eigenvalue weighted by Crippen LogP contribution is 2.46. The molecule has 1 unspecified atom stereocenters. The third-order valence-electron chi connectivity index (χ3n) is 5.21. The van der Waals surface area contributed by atoms with E-state index < -0.39 is 16.2 Å². The molecule has 0 aliphatic carbocycles. The Balaban J connectivity index is 5.53. The lowest BCUT2D eigenvalue weighted by atomic mass is 9.66. The summed E-state index contributed by atoms with van der Waals surface area (Å²) in [5, 5.41) is 0. The van der Waals surface area contributed by atoms with Gasteiger partial charge in [0.1, 0.15) is 6.61 Å². The first-order chi connectivity index (χ1) is 13.2. The smallest absolute Gasteiger partial charge is 0.311 e. The molecule has 0 saturated carbocycles. The van der Waals surface area contributed by atoms with Gasteiger partial charge in [0.05, 0.1) is 30.3 Å². The number of ether oxygens (including phenoxy) is 3. The zero-order chi connectivity index (χ0) is 22.9. The minimum Gasteiger partial charge on any atom is -0.501 e. The van der Waals surface area contributed by atoms with Crippen molar-refractivity contribution in [3.63, 3.8) is 0 Å². The van der Waals surface area contributed by atoms with Crippen molar-refractivity contribution in [3.8, 4) is 0 Å². The second-order valence-electron chi connectivity index (χ2n) is 9.74. The standard InChI is InChI=1S/C23H43NO5/c1-11-12-14-28-20(26)23(7,16-21(3,4)18(2)27-10)17-22(5,6)19(25)29-15-13-24(8)9/h2,11-17H2,1,3-10H3. The van der Waals surface area contributed by atoms with E-state index in [2.05, 4.69) is 6.58 Å². The number of likely N-dealkylation sites (N-methyl/N-ethyl adjacent to an activating group) is 1. The van der Waals surface area contributed by atoms with Crippen molar-refractivity contribution in [1.29, 1.82) is 0 Å². The summed E-state index contributed by atoms with van der Waals surface area (Å²) in [6.45, 7) is 16.9. The summed E-state index contributed by atoms with van der Waals surface area (Å²) in [6, 6.07) is 0. The summed E-state index contributed by atoms with van der Waals surface area (Å²) in [4.78, 5) is 27.8. The zero-order valence-electron chi connectivity index (χ0n) is 20.1. The van der Waals surface area contributed by atoms with Gasteiger partial charge in [0.25, 0.3) is 0 Å². The first-order valence-corrected chi connectivity index (χ1v) is 10.4. The summed E-state index contributed by atoms with van der Waals surface area (Å²) in [5.74, 6) is -0.0103. The van der Waals surface area contributed by atoms with Crippen LogP contribution in [0.25, 0.3) is 0 Å². The van der Waals surface area contributed by atoms with E-state index in [1.165, 1.54) is 0 Å². The SMILES string of the molecule is C=C(OC)C(C)(C)CC(C)(CC(C)(C)C(=O)OCCN(C)C)C(=O)OCCCC. The highest BCUT2D eigenvalue weighted by atomic mass is 16.5. The molecule has 6 heteroatoms. The number of hydrogen-bond donors (Lipinski definition) is 0. The number of methoxy groups -OCH3 is 1. The minimum atomic E-state index is -0.886. The second-order valence-corrected chi connectivity index (χ2v) is 9.74. The number of carbonyl (C=O) groups excluding carboxylic acids is 2. The Morgan fingerprint density at radius 1 is 0.897 bits per heavy atom. The molecule has 0 fully saturated rings. The highest BCUT2D eigenvalue weighted by molar-refractivity contribution is 5.80. The van der Waals surface area contributed by atoms with Gasteiger partial charge in [0.2, 0.25) is 0 Å². The van der Waals surface area contributed by atoms with Crippen molar-refractivity contribution in [2.45, 2.75) is 67.2 Å². The van der Waals surface area contributed by atoms with Crippen LogP contribution in [0.1, 0.15) is 67.2 Å². The van der Waals surface area contributed by atoms with E-state index in [0.717, 1.165) is 12.8 Å². The Morgan fingerprint density at radius 2 is 1.41 bits per heavy atom. The number of hydrogen-bond acceptors (Lipinski definition) is 6. The fourth-order valence-electron chi connectivity index (χ4n) is 3.60. The van der Waals surface area contributed by atoms with Crippen LogP contribution in [0.4, 0.5) is 0 Å². The molecule has 0 aromatic rings. The van der Waals surface area contributed by atoms with E-state index in [1.54, 1.807) is 7.11 Å². The van der Waals surface area contributed by atoms with Crippen LogP contribution in [0.5, 0.6) is 0 Å². The molecule has 0 radical (unpaired) electrons. The normalized spacial score (nSPS) is 14.3. The molecule has 170 valence electrons. The predicted octanol–water partition coefficient (Wildman–Crippen LogP) is 4.43. The zero-order valence-corrected chi connectivity index (χ0v) is 20.1. The largest absolute Gasteiger partial charge is 0.501 e. The Kier molecular flexibility index (Phi) is 11.0. The van der Waals surface area contributed by atoms with Crippen LogP contribution in [-0.4, -0.2) is 57.8 Å². The van der Waals surface area contributed by atoms with Gasteiger partial charge in [-0.3, -0.25) is 9.59 Å². The number of unbranched alkanes of at least 4 members (excludes halogenated alkanes) is 1. The van der Waals surface area contributed by atoms with Crippen LogP contribution < -0.4 is 0 Å². The van der Waals surface area contributed by atoms with Crippen molar-refractivity contribution in [3.05, 3.63) is 12.3 Å².